The number of aromatic nitrogens is 7. The first kappa shape index (κ1) is 20.0. The molecule has 0 bridgehead atoms. The highest BCUT2D eigenvalue weighted by Gasteiger charge is 2.23. The number of carbonyl (C=O) groups is 1. The van der Waals surface area contributed by atoms with E-state index in [1.165, 1.54) is 36.1 Å². The first-order chi connectivity index (χ1) is 16.7. The maximum Gasteiger partial charge on any atom is 0.341 e. The van der Waals surface area contributed by atoms with Gasteiger partial charge in [-0.1, -0.05) is 24.3 Å². The normalized spacial score (nSPS) is 13.1. The van der Waals surface area contributed by atoms with Crippen molar-refractivity contribution in [3.63, 3.8) is 0 Å². The molecule has 1 aliphatic heterocycles. The van der Waals surface area contributed by atoms with Gasteiger partial charge in [0.25, 0.3) is 0 Å². The van der Waals surface area contributed by atoms with Crippen LogP contribution >= 0.6 is 0 Å². The molecule has 0 aliphatic carbocycles. The van der Waals surface area contributed by atoms with Crippen LogP contribution in [0.3, 0.4) is 0 Å². The van der Waals surface area contributed by atoms with Crippen molar-refractivity contribution in [3.05, 3.63) is 71.7 Å². The van der Waals surface area contributed by atoms with Gasteiger partial charge in [-0.25, -0.2) is 19.9 Å². The fourth-order valence-corrected chi connectivity index (χ4v) is 4.40. The molecule has 0 amide bonds. The lowest BCUT2D eigenvalue weighted by Gasteiger charge is -2.27. The number of methoxy groups -OCH3 is 1. The smallest absolute Gasteiger partial charge is 0.341 e. The molecule has 0 radical (unpaired) electrons. The van der Waals surface area contributed by atoms with Gasteiger partial charge in [-0.15, -0.1) is 5.10 Å². The third-order valence-electron chi connectivity index (χ3n) is 6.13. The molecule has 0 spiro atoms. The lowest BCUT2D eigenvalue weighted by molar-refractivity contribution is 0.0599. The Morgan fingerprint density at radius 3 is 2.68 bits per heavy atom. The van der Waals surface area contributed by atoms with E-state index in [2.05, 4.69) is 70.8 Å². The molecule has 4 heterocycles. The first-order valence-electron chi connectivity index (χ1n) is 10.8. The SMILES string of the molecule is COC(=O)c1cnc(N2CCc3[nH]c4ccc(-c5cccc(-c6nnn[nH]6)c5)cc4c3C2)nc1. The molecule has 6 rings (SSSR count). The summed E-state index contributed by atoms with van der Waals surface area (Å²) in [5.41, 5.74) is 7.03. The van der Waals surface area contributed by atoms with Gasteiger partial charge in [0, 0.05) is 59.6 Å². The second kappa shape index (κ2) is 8.07. The van der Waals surface area contributed by atoms with Gasteiger partial charge >= 0.3 is 5.97 Å². The molecule has 10 nitrogen and oxygen atoms in total. The van der Waals surface area contributed by atoms with Gasteiger partial charge in [-0.2, -0.15) is 0 Å². The Morgan fingerprint density at radius 1 is 1.06 bits per heavy atom. The van der Waals surface area contributed by atoms with Crippen molar-refractivity contribution in [2.75, 3.05) is 18.6 Å². The van der Waals surface area contributed by atoms with Crippen molar-refractivity contribution in [1.29, 1.82) is 0 Å². The van der Waals surface area contributed by atoms with Crippen molar-refractivity contribution in [1.82, 2.24) is 35.6 Å². The predicted molar refractivity (Wildman–Crippen MR) is 125 cm³/mol. The average Bonchev–Trinajstić information content (AvgIpc) is 3.56. The van der Waals surface area contributed by atoms with E-state index in [4.69, 9.17) is 4.74 Å². The summed E-state index contributed by atoms with van der Waals surface area (Å²) in [7, 11) is 1.34. The summed E-state index contributed by atoms with van der Waals surface area (Å²) in [6.45, 7) is 1.47. The molecule has 0 saturated carbocycles. The van der Waals surface area contributed by atoms with E-state index in [9.17, 15) is 4.79 Å². The van der Waals surface area contributed by atoms with Gasteiger partial charge in [0.2, 0.25) is 5.95 Å². The third-order valence-corrected chi connectivity index (χ3v) is 6.13. The highest BCUT2D eigenvalue weighted by atomic mass is 16.5. The maximum absolute atomic E-state index is 11.7. The summed E-state index contributed by atoms with van der Waals surface area (Å²) in [6.07, 6.45) is 3.87. The van der Waals surface area contributed by atoms with Crippen LogP contribution < -0.4 is 4.90 Å². The van der Waals surface area contributed by atoms with Gasteiger partial charge in [-0.05, 0) is 39.8 Å². The lowest BCUT2D eigenvalue weighted by Crippen LogP contribution is -2.31. The van der Waals surface area contributed by atoms with Crippen molar-refractivity contribution in [3.8, 4) is 22.5 Å². The lowest BCUT2D eigenvalue weighted by atomic mass is 9.99. The largest absolute Gasteiger partial charge is 0.465 e. The molecule has 0 fully saturated rings. The van der Waals surface area contributed by atoms with E-state index in [0.29, 0.717) is 23.9 Å². The molecular weight excluding hydrogens is 432 g/mol. The van der Waals surface area contributed by atoms with Crippen LogP contribution in [-0.4, -0.2) is 55.2 Å². The first-order valence-corrected chi connectivity index (χ1v) is 10.8. The number of nitrogens with zero attached hydrogens (tertiary/aromatic N) is 6. The molecule has 0 atom stereocenters. The quantitative estimate of drug-likeness (QED) is 0.398. The number of hydrogen-bond acceptors (Lipinski definition) is 8. The summed E-state index contributed by atoms with van der Waals surface area (Å²) < 4.78 is 4.73. The highest BCUT2D eigenvalue weighted by Crippen LogP contribution is 2.33. The molecule has 2 N–H and O–H groups in total. The van der Waals surface area contributed by atoms with Crippen molar-refractivity contribution < 1.29 is 9.53 Å². The highest BCUT2D eigenvalue weighted by molar-refractivity contribution is 5.90. The minimum Gasteiger partial charge on any atom is -0.465 e. The van der Waals surface area contributed by atoms with E-state index in [1.807, 2.05) is 12.1 Å². The summed E-state index contributed by atoms with van der Waals surface area (Å²) in [5.74, 6) is 0.785. The van der Waals surface area contributed by atoms with E-state index in [-0.39, 0.29) is 0 Å². The van der Waals surface area contributed by atoms with E-state index in [1.54, 1.807) is 0 Å². The molecule has 0 unspecified atom stereocenters. The van der Waals surface area contributed by atoms with Crippen LogP contribution in [0.15, 0.2) is 54.9 Å². The van der Waals surface area contributed by atoms with Crippen molar-refractivity contribution in [2.45, 2.75) is 13.0 Å². The summed E-state index contributed by atoms with van der Waals surface area (Å²) in [4.78, 5) is 26.2. The number of tetrazole rings is 1. The number of rotatable bonds is 4. The Kier molecular flexibility index (Phi) is 4.76. The van der Waals surface area contributed by atoms with Crippen LogP contribution in [0.4, 0.5) is 5.95 Å². The van der Waals surface area contributed by atoms with Gasteiger partial charge in [-0.3, -0.25) is 0 Å². The Labute approximate surface area is 194 Å². The minimum absolute atomic E-state index is 0.337. The second-order valence-electron chi connectivity index (χ2n) is 8.11. The number of carbonyl (C=O) groups excluding carboxylic acids is 1. The fraction of sp³-hybridized carbons (Fsp3) is 0.167. The Morgan fingerprint density at radius 2 is 1.88 bits per heavy atom. The topological polar surface area (TPSA) is 126 Å². The Bertz CT molecular complexity index is 1490. The molecular formula is C24H20N8O2. The standard InChI is InChI=1S/C24H20N8O2/c1-34-23(33)17-11-25-24(26-12-17)32-8-7-21-19(13-32)18-10-15(5-6-20(18)27-21)14-3-2-4-16(9-14)22-28-30-31-29-22/h2-6,9-12,27H,7-8,13H2,1H3,(H,28,29,30,31). The fourth-order valence-electron chi connectivity index (χ4n) is 4.40. The number of ether oxygens (including phenoxy) is 1. The van der Waals surface area contributed by atoms with Crippen molar-refractivity contribution in [2.24, 2.45) is 0 Å². The number of nitrogens with one attached hydrogen (secondary N) is 2. The number of H-pyrrole nitrogens is 2. The summed E-state index contributed by atoms with van der Waals surface area (Å²) in [6, 6.07) is 14.6. The number of benzene rings is 2. The molecule has 3 aromatic heterocycles. The van der Waals surface area contributed by atoms with E-state index in [0.717, 1.165) is 35.2 Å². The van der Waals surface area contributed by atoms with E-state index < -0.39 is 5.97 Å². The summed E-state index contributed by atoms with van der Waals surface area (Å²) in [5, 5.41) is 15.3. The van der Waals surface area contributed by atoms with Gasteiger partial charge < -0.3 is 14.6 Å². The predicted octanol–water partition coefficient (Wildman–Crippen LogP) is 3.15. The number of esters is 1. The van der Waals surface area contributed by atoms with Gasteiger partial charge in [0.05, 0.1) is 12.7 Å². The number of hydrogen-bond donors (Lipinski definition) is 2. The Hall–Kier alpha value is -4.60. The molecule has 34 heavy (non-hydrogen) atoms. The summed E-state index contributed by atoms with van der Waals surface area (Å²) >= 11 is 0. The zero-order valence-corrected chi connectivity index (χ0v) is 18.3. The third kappa shape index (κ3) is 3.45. The van der Waals surface area contributed by atoms with Crippen LogP contribution in [0.25, 0.3) is 33.4 Å². The maximum atomic E-state index is 11.7. The molecule has 10 heteroatoms. The second-order valence-corrected chi connectivity index (χ2v) is 8.11. The number of aromatic amines is 2. The molecule has 2 aromatic carbocycles. The average molecular weight is 452 g/mol. The Balaban J connectivity index is 1.33. The van der Waals surface area contributed by atoms with Crippen LogP contribution in [0.5, 0.6) is 0 Å². The van der Waals surface area contributed by atoms with Crippen molar-refractivity contribution >= 4 is 22.8 Å². The zero-order valence-electron chi connectivity index (χ0n) is 18.3. The van der Waals surface area contributed by atoms with Crippen LogP contribution in [0, 0.1) is 0 Å². The molecule has 5 aromatic rings. The minimum atomic E-state index is -0.444. The number of fused-ring (bicyclic) bond motifs is 3. The molecule has 1 aliphatic rings. The van der Waals surface area contributed by atoms with E-state index >= 15 is 0 Å². The monoisotopic (exact) mass is 452 g/mol. The molecule has 0 saturated heterocycles. The molecule has 168 valence electrons. The number of anilines is 1. The zero-order chi connectivity index (χ0) is 23.1. The van der Waals surface area contributed by atoms with Crippen LogP contribution in [-0.2, 0) is 17.7 Å². The van der Waals surface area contributed by atoms with Gasteiger partial charge in [0.15, 0.2) is 5.82 Å². The van der Waals surface area contributed by atoms with Crippen LogP contribution in [0.2, 0.25) is 0 Å². The van der Waals surface area contributed by atoms with Gasteiger partial charge in [0.1, 0.15) is 0 Å². The van der Waals surface area contributed by atoms with Crippen LogP contribution in [0.1, 0.15) is 21.6 Å².